The zero-order valence-electron chi connectivity index (χ0n) is 10.7. The zero-order chi connectivity index (χ0) is 13.1. The van der Waals surface area contributed by atoms with Crippen molar-refractivity contribution in [1.82, 2.24) is 19.7 Å². The first kappa shape index (κ1) is 13.0. The maximum Gasteiger partial charge on any atom is 0.191 e. The molecule has 0 saturated carbocycles. The van der Waals surface area contributed by atoms with Gasteiger partial charge in [0, 0.05) is 25.5 Å². The molecule has 0 radical (unpaired) electrons. The van der Waals surface area contributed by atoms with E-state index in [1.165, 1.54) is 0 Å². The summed E-state index contributed by atoms with van der Waals surface area (Å²) in [6.07, 6.45) is 3.57. The Hall–Kier alpha value is -1.40. The monoisotopic (exact) mass is 263 g/mol. The van der Waals surface area contributed by atoms with Crippen LogP contribution in [0.4, 0.5) is 0 Å². The Balaban J connectivity index is 2.25. The number of nitrogens with zero attached hydrogens (tertiary/aromatic N) is 4. The Morgan fingerprint density at radius 1 is 1.28 bits per heavy atom. The summed E-state index contributed by atoms with van der Waals surface area (Å²) >= 11 is 1.63. The lowest BCUT2D eigenvalue weighted by atomic mass is 10.1. The molecule has 2 rings (SSSR count). The summed E-state index contributed by atoms with van der Waals surface area (Å²) in [6.45, 7) is 3.94. The molecule has 0 aliphatic carbocycles. The number of rotatable bonds is 4. The predicted octanol–water partition coefficient (Wildman–Crippen LogP) is 1.70. The van der Waals surface area contributed by atoms with Crippen LogP contribution in [0.25, 0.3) is 0 Å². The molecule has 5 nitrogen and oxygen atoms in total. The second kappa shape index (κ2) is 5.49. The Kier molecular flexibility index (Phi) is 3.98. The van der Waals surface area contributed by atoms with Crippen LogP contribution in [0.2, 0.25) is 0 Å². The van der Waals surface area contributed by atoms with E-state index in [-0.39, 0.29) is 11.3 Å². The first-order chi connectivity index (χ1) is 8.59. The van der Waals surface area contributed by atoms with Gasteiger partial charge in [-0.2, -0.15) is 0 Å². The molecule has 0 aromatic carbocycles. The van der Waals surface area contributed by atoms with E-state index in [0.29, 0.717) is 0 Å². The molecule has 2 atom stereocenters. The van der Waals surface area contributed by atoms with E-state index in [9.17, 15) is 0 Å². The highest BCUT2D eigenvalue weighted by Gasteiger charge is 2.20. The van der Waals surface area contributed by atoms with Crippen LogP contribution in [0.15, 0.2) is 29.7 Å². The van der Waals surface area contributed by atoms with Crippen LogP contribution in [-0.2, 0) is 7.05 Å². The molecule has 2 aromatic heterocycles. The van der Waals surface area contributed by atoms with Crippen LogP contribution in [0.1, 0.15) is 23.6 Å². The van der Waals surface area contributed by atoms with Crippen LogP contribution in [0.3, 0.4) is 0 Å². The summed E-state index contributed by atoms with van der Waals surface area (Å²) < 4.78 is 1.97. The van der Waals surface area contributed by atoms with Crippen molar-refractivity contribution in [3.8, 4) is 0 Å². The number of pyridine rings is 1. The van der Waals surface area contributed by atoms with Gasteiger partial charge in [-0.3, -0.25) is 4.98 Å². The molecule has 96 valence electrons. The van der Waals surface area contributed by atoms with E-state index in [1.807, 2.05) is 37.6 Å². The fraction of sp³-hybridized carbons (Fsp3) is 0.417. The molecule has 0 bridgehead atoms. The Morgan fingerprint density at radius 3 is 2.44 bits per heavy atom. The van der Waals surface area contributed by atoms with Crippen molar-refractivity contribution in [1.29, 1.82) is 0 Å². The minimum atomic E-state index is 0.0226. The highest BCUT2D eigenvalue weighted by molar-refractivity contribution is 7.99. The third-order valence-electron chi connectivity index (χ3n) is 2.80. The topological polar surface area (TPSA) is 69.6 Å². The molecule has 0 saturated heterocycles. The van der Waals surface area contributed by atoms with Gasteiger partial charge in [0.15, 0.2) is 5.16 Å². The second-order valence-electron chi connectivity index (χ2n) is 4.27. The molecule has 6 heteroatoms. The molecule has 0 aliphatic rings. The van der Waals surface area contributed by atoms with Gasteiger partial charge in [-0.25, -0.2) is 0 Å². The number of aryl methyl sites for hydroxylation is 1. The van der Waals surface area contributed by atoms with Gasteiger partial charge in [-0.1, -0.05) is 11.8 Å². The summed E-state index contributed by atoms with van der Waals surface area (Å²) in [7, 11) is 1.96. The molecule has 0 fully saturated rings. The number of hydrogen-bond acceptors (Lipinski definition) is 5. The second-order valence-corrected chi connectivity index (χ2v) is 5.38. The van der Waals surface area contributed by atoms with Crippen LogP contribution in [-0.4, -0.2) is 25.8 Å². The van der Waals surface area contributed by atoms with Crippen LogP contribution >= 0.6 is 11.8 Å². The average Bonchev–Trinajstić information content (AvgIpc) is 2.68. The molecule has 0 aliphatic heterocycles. The quantitative estimate of drug-likeness (QED) is 0.850. The third-order valence-corrected chi connectivity index (χ3v) is 4.32. The first-order valence-corrected chi connectivity index (χ1v) is 6.65. The van der Waals surface area contributed by atoms with Crippen molar-refractivity contribution in [2.24, 2.45) is 12.8 Å². The van der Waals surface area contributed by atoms with Crippen molar-refractivity contribution >= 4 is 11.8 Å². The molecule has 2 N–H and O–H groups in total. The summed E-state index contributed by atoms with van der Waals surface area (Å²) in [6, 6.07) is 4.00. The lowest BCUT2D eigenvalue weighted by molar-refractivity contribution is 0.706. The lowest BCUT2D eigenvalue weighted by Gasteiger charge is -2.19. The Labute approximate surface area is 111 Å². The number of hydrogen-bond donors (Lipinski definition) is 1. The molecule has 0 spiro atoms. The predicted molar refractivity (Wildman–Crippen MR) is 72.2 cm³/mol. The summed E-state index contributed by atoms with van der Waals surface area (Å²) in [5.74, 6) is 0.899. The largest absolute Gasteiger partial charge is 0.327 e. The van der Waals surface area contributed by atoms with Gasteiger partial charge in [0.05, 0.1) is 5.25 Å². The highest BCUT2D eigenvalue weighted by Crippen LogP contribution is 2.35. The molecular weight excluding hydrogens is 246 g/mol. The van der Waals surface area contributed by atoms with Crippen LogP contribution < -0.4 is 5.73 Å². The van der Waals surface area contributed by atoms with E-state index < -0.39 is 0 Å². The van der Waals surface area contributed by atoms with Crippen molar-refractivity contribution in [3.05, 3.63) is 35.9 Å². The van der Waals surface area contributed by atoms with E-state index in [0.717, 1.165) is 16.5 Å². The van der Waals surface area contributed by atoms with Gasteiger partial charge < -0.3 is 10.3 Å². The number of aromatic nitrogens is 4. The molecular formula is C12H17N5S. The highest BCUT2D eigenvalue weighted by atomic mass is 32.2. The average molecular weight is 263 g/mol. The first-order valence-electron chi connectivity index (χ1n) is 5.77. The number of nitrogens with two attached hydrogens (primary N) is 1. The van der Waals surface area contributed by atoms with Gasteiger partial charge in [0.25, 0.3) is 0 Å². The van der Waals surface area contributed by atoms with E-state index in [2.05, 4.69) is 15.2 Å². The van der Waals surface area contributed by atoms with Crippen LogP contribution in [0, 0.1) is 6.92 Å². The Morgan fingerprint density at radius 2 is 1.94 bits per heavy atom. The fourth-order valence-electron chi connectivity index (χ4n) is 1.64. The Bertz CT molecular complexity index is 508. The van der Waals surface area contributed by atoms with Gasteiger partial charge in [0.2, 0.25) is 0 Å². The van der Waals surface area contributed by atoms with Crippen LogP contribution in [0.5, 0.6) is 0 Å². The minimum absolute atomic E-state index is 0.0226. The van der Waals surface area contributed by atoms with E-state index in [1.54, 1.807) is 24.2 Å². The molecule has 18 heavy (non-hydrogen) atoms. The molecule has 2 unspecified atom stereocenters. The fourth-order valence-corrected chi connectivity index (χ4v) is 2.75. The maximum absolute atomic E-state index is 6.07. The van der Waals surface area contributed by atoms with Crippen molar-refractivity contribution in [3.63, 3.8) is 0 Å². The van der Waals surface area contributed by atoms with Crippen molar-refractivity contribution in [2.75, 3.05) is 0 Å². The van der Waals surface area contributed by atoms with Gasteiger partial charge in [-0.05, 0) is 31.5 Å². The van der Waals surface area contributed by atoms with Gasteiger partial charge >= 0.3 is 0 Å². The molecule has 0 amide bonds. The SMILES string of the molecule is Cc1nnc(SC(c2ccncc2)C(C)N)n1C. The third kappa shape index (κ3) is 2.70. The normalized spacial score (nSPS) is 14.4. The molecule has 2 heterocycles. The smallest absolute Gasteiger partial charge is 0.191 e. The summed E-state index contributed by atoms with van der Waals surface area (Å²) in [5.41, 5.74) is 7.23. The maximum atomic E-state index is 6.07. The standard InChI is InChI=1S/C12H17N5S/c1-8(13)11(10-4-6-14-7-5-10)18-12-16-15-9(2)17(12)3/h4-8,11H,13H2,1-3H3. The summed E-state index contributed by atoms with van der Waals surface area (Å²) in [5, 5.41) is 9.26. The van der Waals surface area contributed by atoms with Gasteiger partial charge in [0.1, 0.15) is 5.82 Å². The zero-order valence-corrected chi connectivity index (χ0v) is 11.6. The van der Waals surface area contributed by atoms with Crippen molar-refractivity contribution < 1.29 is 0 Å². The minimum Gasteiger partial charge on any atom is -0.327 e. The molecule has 2 aromatic rings. The lowest BCUT2D eigenvalue weighted by Crippen LogP contribution is -2.23. The van der Waals surface area contributed by atoms with Crippen molar-refractivity contribution in [2.45, 2.75) is 30.3 Å². The van der Waals surface area contributed by atoms with E-state index >= 15 is 0 Å². The van der Waals surface area contributed by atoms with Gasteiger partial charge in [-0.15, -0.1) is 10.2 Å². The summed E-state index contributed by atoms with van der Waals surface area (Å²) in [4.78, 5) is 4.03. The van der Waals surface area contributed by atoms with E-state index in [4.69, 9.17) is 5.73 Å². The number of thioether (sulfide) groups is 1.